The van der Waals surface area contributed by atoms with E-state index in [1.54, 1.807) is 0 Å². The summed E-state index contributed by atoms with van der Waals surface area (Å²) in [6.45, 7) is 21.0. The zero-order chi connectivity index (χ0) is 51.3. The van der Waals surface area contributed by atoms with E-state index in [1.165, 1.54) is 22.3 Å². The highest BCUT2D eigenvalue weighted by Gasteiger charge is 2.31. The van der Waals surface area contributed by atoms with Gasteiger partial charge in [-0.15, -0.1) is 12.8 Å². The summed E-state index contributed by atoms with van der Waals surface area (Å²) in [4.78, 5) is 15.6. The van der Waals surface area contributed by atoms with E-state index in [9.17, 15) is 0 Å². The number of hydrogen-bond acceptors (Lipinski definition) is 3. The van der Waals surface area contributed by atoms with Gasteiger partial charge in [0.25, 0.3) is 0 Å². The number of aliphatic imine (C=N–C) groups is 1. The van der Waals surface area contributed by atoms with Crippen molar-refractivity contribution >= 4 is 11.4 Å². The summed E-state index contributed by atoms with van der Waals surface area (Å²) in [5.41, 5.74) is 17.2. The second-order valence-electron chi connectivity index (χ2n) is 17.1. The molecule has 0 fully saturated rings. The van der Waals surface area contributed by atoms with Crippen molar-refractivity contribution in [1.29, 1.82) is 0 Å². The summed E-state index contributed by atoms with van der Waals surface area (Å²) in [6.07, 6.45) is 21.0. The van der Waals surface area contributed by atoms with Gasteiger partial charge in [-0.25, -0.2) is 9.97 Å². The van der Waals surface area contributed by atoms with Crippen molar-refractivity contribution in [3.05, 3.63) is 294 Å². The van der Waals surface area contributed by atoms with Crippen LogP contribution in [0.15, 0.2) is 272 Å². The van der Waals surface area contributed by atoms with Crippen molar-refractivity contribution in [3.63, 3.8) is 0 Å². The lowest BCUT2D eigenvalue weighted by molar-refractivity contribution is 0.692. The molecule has 0 spiro atoms. The van der Waals surface area contributed by atoms with Crippen LogP contribution in [-0.4, -0.2) is 15.7 Å². The van der Waals surface area contributed by atoms with E-state index in [4.69, 9.17) is 15.0 Å². The summed E-state index contributed by atoms with van der Waals surface area (Å²) in [5, 5.41) is 0. The molecule has 1 aromatic heterocycles. The Morgan fingerprint density at radius 1 is 0.569 bits per heavy atom. The maximum atomic E-state index is 5.26. The highest BCUT2D eigenvalue weighted by atomic mass is 14.9. The average molecular weight is 936 g/mol. The first-order chi connectivity index (χ1) is 35.2. The van der Waals surface area contributed by atoms with Crippen LogP contribution in [0.3, 0.4) is 0 Å². The lowest BCUT2D eigenvalue weighted by Gasteiger charge is -2.32. The van der Waals surface area contributed by atoms with Crippen LogP contribution < -0.4 is 0 Å². The fourth-order valence-corrected chi connectivity index (χ4v) is 8.42. The van der Waals surface area contributed by atoms with E-state index in [0.717, 1.165) is 72.9 Å². The van der Waals surface area contributed by atoms with Gasteiger partial charge >= 0.3 is 0 Å². The van der Waals surface area contributed by atoms with Crippen LogP contribution in [0.2, 0.25) is 0 Å². The van der Waals surface area contributed by atoms with Gasteiger partial charge in [0.15, 0.2) is 5.82 Å². The maximum absolute atomic E-state index is 5.26. The zero-order valence-electron chi connectivity index (χ0n) is 42.6. The molecule has 3 heteroatoms. The first kappa shape index (κ1) is 52.7. The molecule has 7 aromatic carbocycles. The van der Waals surface area contributed by atoms with Crippen LogP contribution in [0.5, 0.6) is 0 Å². The van der Waals surface area contributed by atoms with E-state index in [-0.39, 0.29) is 0 Å². The van der Waals surface area contributed by atoms with Crippen molar-refractivity contribution in [1.82, 2.24) is 9.97 Å². The third kappa shape index (κ3) is 13.1. The molecule has 1 atom stereocenters. The lowest BCUT2D eigenvalue weighted by Crippen LogP contribution is -2.25. The first-order valence-electron chi connectivity index (χ1n) is 24.6. The maximum Gasteiger partial charge on any atom is 0.160 e. The van der Waals surface area contributed by atoms with Crippen molar-refractivity contribution < 1.29 is 0 Å². The quantitative estimate of drug-likeness (QED) is 0.0419. The van der Waals surface area contributed by atoms with Gasteiger partial charge in [-0.3, -0.25) is 4.99 Å². The molecular formula is C69H65N3. The summed E-state index contributed by atoms with van der Waals surface area (Å²) in [7, 11) is 0. The van der Waals surface area contributed by atoms with Crippen LogP contribution >= 0.6 is 0 Å². The molecule has 1 unspecified atom stereocenters. The van der Waals surface area contributed by atoms with Gasteiger partial charge in [-0.05, 0) is 102 Å². The Morgan fingerprint density at radius 2 is 1.07 bits per heavy atom. The van der Waals surface area contributed by atoms with E-state index in [0.29, 0.717) is 12.2 Å². The van der Waals surface area contributed by atoms with Gasteiger partial charge in [0.1, 0.15) is 0 Å². The zero-order valence-corrected chi connectivity index (χ0v) is 42.6. The monoisotopic (exact) mass is 936 g/mol. The number of rotatable bonds is 16. The Labute approximate surface area is 429 Å². The molecule has 356 valence electrons. The van der Waals surface area contributed by atoms with Gasteiger partial charge in [0.2, 0.25) is 0 Å². The SMILES string of the molecule is C#C.C=C/C(=C\C(=C)/C(C)=C/C=C\C)C/C=C(\N=C(C)c1ccccc1)c1ccc(C(C)(c2ccccc2)c2ccc(-c3cc(-c4cccc(-c5ccccc5)c4)nc(-c4ccccc4)n3)cc2)cc1.CC. The fourth-order valence-electron chi connectivity index (χ4n) is 8.42. The van der Waals surface area contributed by atoms with E-state index in [2.05, 4.69) is 235 Å². The predicted octanol–water partition coefficient (Wildman–Crippen LogP) is 18.2. The van der Waals surface area contributed by atoms with Gasteiger partial charge in [0, 0.05) is 27.8 Å². The standard InChI is InChI=1S/C65H57N3.C2H6.C2H2/c1-7-9-23-47(3)48(4)44-50(8-2)34-43-61(66-49(5)51-24-14-10-15-25-51)53-35-39-59(40-36-53)65(6,58-32-20-13-21-33-58)60-41-37-54(38-42-60)62-46-63(68-64(67-62)55-28-18-12-19-29-55)57-31-22-30-56(45-57)52-26-16-11-17-27-52;2*1-2/h7-33,35-46H,2,4,34H2,1,3,5-6H3;1-2H3;1-2H/b9-7-,47-23+,50-44+,61-43-,66-49?;;. The molecule has 0 aliphatic heterocycles. The highest BCUT2D eigenvalue weighted by Crippen LogP contribution is 2.40. The van der Waals surface area contributed by atoms with Crippen molar-refractivity contribution in [2.45, 2.75) is 53.4 Å². The van der Waals surface area contributed by atoms with E-state index in [1.807, 2.05) is 69.3 Å². The Balaban J connectivity index is 0.00000207. The van der Waals surface area contributed by atoms with Crippen LogP contribution in [-0.2, 0) is 5.41 Å². The Morgan fingerprint density at radius 3 is 1.65 bits per heavy atom. The minimum absolute atomic E-state index is 0.479. The third-order valence-electron chi connectivity index (χ3n) is 12.6. The lowest BCUT2D eigenvalue weighted by atomic mass is 9.71. The largest absolute Gasteiger partial charge is 0.253 e. The summed E-state index contributed by atoms with van der Waals surface area (Å²) < 4.78 is 0. The molecule has 0 bridgehead atoms. The first-order valence-corrected chi connectivity index (χ1v) is 24.6. The van der Waals surface area contributed by atoms with Gasteiger partial charge < -0.3 is 0 Å². The molecule has 0 radical (unpaired) electrons. The normalized spacial score (nSPS) is 12.7. The summed E-state index contributed by atoms with van der Waals surface area (Å²) in [5.74, 6) is 0.688. The van der Waals surface area contributed by atoms with E-state index >= 15 is 0 Å². The number of aromatic nitrogens is 2. The number of allylic oxidation sites excluding steroid dienone is 9. The number of nitrogens with zero attached hydrogens (tertiary/aromatic N) is 3. The Kier molecular flexibility index (Phi) is 19.2. The molecule has 1 heterocycles. The Hall–Kier alpha value is -8.71. The molecular weight excluding hydrogens is 871 g/mol. The molecule has 8 aromatic rings. The number of hydrogen-bond donors (Lipinski definition) is 0. The molecule has 0 saturated heterocycles. The smallest absolute Gasteiger partial charge is 0.160 e. The summed E-state index contributed by atoms with van der Waals surface area (Å²) in [6, 6.07) is 70.3. The number of terminal acetylenes is 1. The van der Waals surface area contributed by atoms with Crippen LogP contribution in [0, 0.1) is 12.8 Å². The molecule has 0 saturated carbocycles. The predicted molar refractivity (Wildman–Crippen MR) is 311 cm³/mol. The molecule has 0 amide bonds. The fraction of sp³-hybridized carbons (Fsp3) is 0.116. The average Bonchev–Trinajstić information content (AvgIpc) is 3.46. The molecule has 0 N–H and O–H groups in total. The van der Waals surface area contributed by atoms with Crippen molar-refractivity contribution in [3.8, 4) is 57.9 Å². The minimum atomic E-state index is -0.479. The van der Waals surface area contributed by atoms with Gasteiger partial charge in [0.05, 0.1) is 17.1 Å². The minimum Gasteiger partial charge on any atom is -0.253 e. The molecule has 3 nitrogen and oxygen atoms in total. The van der Waals surface area contributed by atoms with E-state index < -0.39 is 5.41 Å². The molecule has 72 heavy (non-hydrogen) atoms. The van der Waals surface area contributed by atoms with Crippen LogP contribution in [0.25, 0.3) is 50.7 Å². The summed E-state index contributed by atoms with van der Waals surface area (Å²) >= 11 is 0. The topological polar surface area (TPSA) is 38.1 Å². The van der Waals surface area contributed by atoms with Gasteiger partial charge in [-0.2, -0.15) is 0 Å². The molecule has 0 aliphatic rings. The van der Waals surface area contributed by atoms with Crippen LogP contribution in [0.1, 0.15) is 75.8 Å². The van der Waals surface area contributed by atoms with Crippen molar-refractivity contribution in [2.75, 3.05) is 0 Å². The molecule has 8 rings (SSSR count). The second-order valence-corrected chi connectivity index (χ2v) is 17.1. The van der Waals surface area contributed by atoms with Gasteiger partial charge in [-0.1, -0.05) is 252 Å². The van der Waals surface area contributed by atoms with Crippen molar-refractivity contribution in [2.24, 2.45) is 4.99 Å². The Bertz CT molecular complexity index is 3210. The third-order valence-corrected chi connectivity index (χ3v) is 12.6. The number of benzene rings is 7. The molecule has 0 aliphatic carbocycles. The van der Waals surface area contributed by atoms with Crippen LogP contribution in [0.4, 0.5) is 0 Å². The second kappa shape index (κ2) is 26.3. The highest BCUT2D eigenvalue weighted by molar-refractivity contribution is 6.01.